The number of halogens is 4. The number of carbonyl (C=O) groups excluding carboxylic acids is 2. The van der Waals surface area contributed by atoms with E-state index in [1.807, 2.05) is 49.4 Å². The number of benzene rings is 2. The summed E-state index contributed by atoms with van der Waals surface area (Å²) in [4.78, 5) is 33.4. The number of nitrogens with one attached hydrogen (secondary N) is 2. The maximum atomic E-state index is 13.9. The average molecular weight is 664 g/mol. The zero-order chi connectivity index (χ0) is 33.3. The molecule has 2 N–H and O–H groups in total. The van der Waals surface area contributed by atoms with Crippen LogP contribution in [0.4, 0.5) is 13.2 Å². The number of rotatable bonds is 4. The van der Waals surface area contributed by atoms with Gasteiger partial charge >= 0.3 is 6.18 Å². The van der Waals surface area contributed by atoms with Crippen molar-refractivity contribution >= 4 is 29.1 Å². The number of nitrogens with zero attached hydrogens (tertiary/aromatic N) is 5. The fraction of sp³-hybridized carbons (Fsp3) is 0.324. The Bertz CT molecular complexity index is 1830. The summed E-state index contributed by atoms with van der Waals surface area (Å²) in [6.07, 6.45) is 1.14. The van der Waals surface area contributed by atoms with Gasteiger partial charge in [0.1, 0.15) is 0 Å². The van der Waals surface area contributed by atoms with E-state index < -0.39 is 23.3 Å². The SMILES string of the molecule is C[C@@H]1CCC[C@H](N2CNC(c3cc(Cl)ccc3-n3cc(C(F)(F)F)nn3)=CC2=O)c2cc(ccn2)C(C)(c2ccccc2)CNC1=O. The fourth-order valence-electron chi connectivity index (χ4n) is 6.18. The minimum atomic E-state index is -4.66. The van der Waals surface area contributed by atoms with Crippen molar-refractivity contribution in [3.8, 4) is 5.69 Å². The van der Waals surface area contributed by atoms with Gasteiger partial charge in [-0.15, -0.1) is 5.10 Å². The van der Waals surface area contributed by atoms with Crippen molar-refractivity contribution in [1.29, 1.82) is 0 Å². The topological polar surface area (TPSA) is 105 Å². The van der Waals surface area contributed by atoms with Gasteiger partial charge < -0.3 is 15.5 Å². The van der Waals surface area contributed by atoms with Crippen LogP contribution in [0, 0.1) is 5.92 Å². The lowest BCUT2D eigenvalue weighted by molar-refractivity contribution is -0.141. The number of amides is 2. The van der Waals surface area contributed by atoms with Crippen LogP contribution in [-0.4, -0.2) is 49.9 Å². The maximum absolute atomic E-state index is 13.9. The minimum Gasteiger partial charge on any atom is -0.367 e. The third-order valence-corrected chi connectivity index (χ3v) is 9.23. The molecule has 0 aliphatic carbocycles. The first-order valence-electron chi connectivity index (χ1n) is 15.3. The van der Waals surface area contributed by atoms with Crippen LogP contribution in [0.25, 0.3) is 11.4 Å². The third-order valence-electron chi connectivity index (χ3n) is 9.00. The lowest BCUT2D eigenvalue weighted by atomic mass is 9.75. The van der Waals surface area contributed by atoms with Gasteiger partial charge in [-0.2, -0.15) is 13.2 Å². The van der Waals surface area contributed by atoms with E-state index in [1.54, 1.807) is 17.2 Å². The second-order valence-electron chi connectivity index (χ2n) is 12.1. The van der Waals surface area contributed by atoms with Crippen LogP contribution in [0.1, 0.15) is 67.2 Å². The summed E-state index contributed by atoms with van der Waals surface area (Å²) >= 11 is 6.29. The molecular weight excluding hydrogens is 631 g/mol. The number of hydrogen-bond donors (Lipinski definition) is 2. The van der Waals surface area contributed by atoms with Gasteiger partial charge in [-0.25, -0.2) is 4.68 Å². The molecule has 2 aliphatic heterocycles. The molecule has 2 amide bonds. The molecule has 0 radical (unpaired) electrons. The zero-order valence-electron chi connectivity index (χ0n) is 25.8. The van der Waals surface area contributed by atoms with Crippen molar-refractivity contribution in [3.63, 3.8) is 0 Å². The number of fused-ring (bicyclic) bond motifs is 2. The van der Waals surface area contributed by atoms with Gasteiger partial charge in [0.2, 0.25) is 5.91 Å². The molecule has 2 aliphatic rings. The van der Waals surface area contributed by atoms with E-state index in [4.69, 9.17) is 16.6 Å². The zero-order valence-corrected chi connectivity index (χ0v) is 26.5. The molecule has 0 spiro atoms. The highest BCUT2D eigenvalue weighted by atomic mass is 35.5. The Morgan fingerprint density at radius 1 is 1.00 bits per heavy atom. The van der Waals surface area contributed by atoms with Gasteiger partial charge in [-0.1, -0.05) is 60.5 Å². The highest BCUT2D eigenvalue weighted by Gasteiger charge is 2.36. The van der Waals surface area contributed by atoms with Crippen molar-refractivity contribution in [2.24, 2.45) is 5.92 Å². The van der Waals surface area contributed by atoms with Gasteiger partial charge in [0.05, 0.1) is 36.0 Å². The summed E-state index contributed by atoms with van der Waals surface area (Å²) < 4.78 is 40.8. The molecule has 4 aromatic rings. The minimum absolute atomic E-state index is 0.0195. The van der Waals surface area contributed by atoms with Crippen LogP contribution in [0.3, 0.4) is 0 Å². The number of hydrogen-bond acceptors (Lipinski definition) is 6. The maximum Gasteiger partial charge on any atom is 0.436 e. The average Bonchev–Trinajstić information content (AvgIpc) is 3.57. The summed E-state index contributed by atoms with van der Waals surface area (Å²) in [7, 11) is 0. The molecule has 0 saturated carbocycles. The third kappa shape index (κ3) is 6.60. The molecule has 2 aromatic heterocycles. The van der Waals surface area contributed by atoms with Crippen LogP contribution in [0.5, 0.6) is 0 Å². The highest BCUT2D eigenvalue weighted by molar-refractivity contribution is 6.30. The molecule has 2 aromatic carbocycles. The van der Waals surface area contributed by atoms with E-state index in [2.05, 4.69) is 27.9 Å². The van der Waals surface area contributed by atoms with E-state index in [1.165, 1.54) is 18.2 Å². The Hall–Kier alpha value is -4.71. The van der Waals surface area contributed by atoms with E-state index in [0.717, 1.165) is 27.7 Å². The first kappa shape index (κ1) is 32.2. The van der Waals surface area contributed by atoms with E-state index in [-0.39, 0.29) is 30.1 Å². The van der Waals surface area contributed by atoms with Gasteiger partial charge in [0.15, 0.2) is 5.69 Å². The quantitative estimate of drug-likeness (QED) is 0.276. The largest absolute Gasteiger partial charge is 0.436 e. The van der Waals surface area contributed by atoms with E-state index >= 15 is 0 Å². The predicted molar refractivity (Wildman–Crippen MR) is 170 cm³/mol. The first-order valence-corrected chi connectivity index (χ1v) is 15.7. The molecule has 0 saturated heterocycles. The number of pyridine rings is 1. The Labute approximate surface area is 274 Å². The summed E-state index contributed by atoms with van der Waals surface area (Å²) in [5, 5.41) is 13.7. The molecule has 4 heterocycles. The van der Waals surface area contributed by atoms with Gasteiger partial charge in [-0.3, -0.25) is 14.6 Å². The van der Waals surface area contributed by atoms with Crippen LogP contribution >= 0.6 is 11.6 Å². The van der Waals surface area contributed by atoms with Crippen molar-refractivity contribution in [1.82, 2.24) is 35.5 Å². The van der Waals surface area contributed by atoms with Crippen molar-refractivity contribution in [2.45, 2.75) is 50.7 Å². The van der Waals surface area contributed by atoms with Crippen LogP contribution < -0.4 is 10.6 Å². The smallest absolute Gasteiger partial charge is 0.367 e. The summed E-state index contributed by atoms with van der Waals surface area (Å²) in [5.41, 5.74) is 2.05. The summed E-state index contributed by atoms with van der Waals surface area (Å²) in [6, 6.07) is 18.1. The van der Waals surface area contributed by atoms with Gasteiger partial charge in [0, 0.05) is 40.7 Å². The Morgan fingerprint density at radius 2 is 1.79 bits per heavy atom. The molecule has 2 bridgehead atoms. The fourth-order valence-corrected chi connectivity index (χ4v) is 6.35. The van der Waals surface area contributed by atoms with E-state index in [0.29, 0.717) is 42.1 Å². The molecule has 9 nitrogen and oxygen atoms in total. The predicted octanol–water partition coefficient (Wildman–Crippen LogP) is 6.05. The van der Waals surface area contributed by atoms with Crippen molar-refractivity contribution in [3.05, 3.63) is 112 Å². The standard InChI is InChI=1S/C34H33ClF3N7O2/c1-21-7-6-10-29(27-15-23(13-14-39-27)33(2,19-40-32(21)47)22-8-4-3-5-9-22)44-20-41-26(17-31(44)46)25-16-24(35)11-12-28(25)45-18-30(42-43-45)34(36,37)38/h3-5,8-9,11-18,21,29,41H,6-7,10,19-20H2,1-2H3,(H,40,47)/t21-,29+,33?/m1/s1. The highest BCUT2D eigenvalue weighted by Crippen LogP contribution is 2.36. The van der Waals surface area contributed by atoms with Crippen LogP contribution in [0.2, 0.25) is 5.02 Å². The second kappa shape index (κ2) is 12.8. The molecule has 6 rings (SSSR count). The van der Waals surface area contributed by atoms with Crippen molar-refractivity contribution in [2.75, 3.05) is 13.2 Å². The lowest BCUT2D eigenvalue weighted by Gasteiger charge is -2.37. The monoisotopic (exact) mass is 663 g/mol. The molecule has 0 fully saturated rings. The normalized spacial score (nSPS) is 22.4. The molecule has 13 heteroatoms. The Morgan fingerprint density at radius 3 is 2.51 bits per heavy atom. The van der Waals surface area contributed by atoms with Gasteiger partial charge in [0.25, 0.3) is 5.91 Å². The van der Waals surface area contributed by atoms with Crippen molar-refractivity contribution < 1.29 is 22.8 Å². The molecule has 244 valence electrons. The molecule has 47 heavy (non-hydrogen) atoms. The van der Waals surface area contributed by atoms with Crippen LogP contribution in [0.15, 0.2) is 79.1 Å². The second-order valence-corrected chi connectivity index (χ2v) is 12.6. The molecular formula is C34H33ClF3N7O2. The molecule has 3 atom stereocenters. The first-order chi connectivity index (χ1) is 22.4. The summed E-state index contributed by atoms with van der Waals surface area (Å²) in [6.45, 7) is 4.49. The lowest BCUT2D eigenvalue weighted by Crippen LogP contribution is -2.45. The van der Waals surface area contributed by atoms with Gasteiger partial charge in [-0.05, 0) is 61.2 Å². The summed E-state index contributed by atoms with van der Waals surface area (Å²) in [5.74, 6) is -0.548. The van der Waals surface area contributed by atoms with Crippen LogP contribution in [-0.2, 0) is 21.2 Å². The Balaban J connectivity index is 1.36. The van der Waals surface area contributed by atoms with E-state index in [9.17, 15) is 22.8 Å². The Kier molecular flexibility index (Phi) is 8.80. The number of carbonyl (C=O) groups is 2. The number of alkyl halides is 3. The molecule has 1 unspecified atom stereocenters. The number of aromatic nitrogens is 4.